The monoisotopic (exact) mass is 240 g/mol. The maximum absolute atomic E-state index is 4.44. The van der Waals surface area contributed by atoms with Crippen LogP contribution in [-0.2, 0) is 0 Å². The van der Waals surface area contributed by atoms with Gasteiger partial charge in [0.05, 0.1) is 0 Å². The number of hydrogen-bond acceptors (Lipinski definition) is 3. The summed E-state index contributed by atoms with van der Waals surface area (Å²) in [5.74, 6) is 0.892. The van der Waals surface area contributed by atoms with Crippen molar-refractivity contribution in [3.8, 4) is 0 Å². The van der Waals surface area contributed by atoms with Gasteiger partial charge in [-0.15, -0.1) is 0 Å². The number of rotatable bonds is 3. The van der Waals surface area contributed by atoms with Crippen molar-refractivity contribution >= 4 is 12.8 Å². The Labute approximate surface area is 105 Å². The van der Waals surface area contributed by atoms with Crippen LogP contribution in [0.1, 0.15) is 39.0 Å². The van der Waals surface area contributed by atoms with Crippen molar-refractivity contribution in [3.05, 3.63) is 0 Å². The van der Waals surface area contributed by atoms with Crippen LogP contribution in [0.4, 0.5) is 0 Å². The minimum absolute atomic E-state index is 0.791. The van der Waals surface area contributed by atoms with Crippen molar-refractivity contribution in [1.29, 1.82) is 0 Å². The second kappa shape index (κ2) is 4.18. The molecule has 0 N–H and O–H groups in total. The molecule has 16 heavy (non-hydrogen) atoms. The van der Waals surface area contributed by atoms with Crippen LogP contribution in [0, 0.1) is 11.3 Å². The molecule has 2 saturated heterocycles. The van der Waals surface area contributed by atoms with E-state index in [1.165, 1.54) is 58.3 Å². The summed E-state index contributed by atoms with van der Waals surface area (Å²) < 4.78 is 2.18. The first-order chi connectivity index (χ1) is 7.67. The Bertz CT molecular complexity index is 265. The standard InChI is InChI=1S/C13H24N2S/c1-11(8-12-2-6-15(16)9-12)14-7-5-13(10-14)3-4-13/h11-12,16H,2-10H2,1H3. The molecular weight excluding hydrogens is 216 g/mol. The van der Waals surface area contributed by atoms with E-state index >= 15 is 0 Å². The maximum Gasteiger partial charge on any atom is 0.0116 e. The Morgan fingerprint density at radius 2 is 2.12 bits per heavy atom. The number of hydrogen-bond donors (Lipinski definition) is 1. The van der Waals surface area contributed by atoms with Gasteiger partial charge in [-0.3, -0.25) is 4.31 Å². The molecule has 2 aliphatic heterocycles. The number of thiol groups is 1. The summed E-state index contributed by atoms with van der Waals surface area (Å²) in [6.45, 7) is 7.57. The zero-order chi connectivity index (χ0) is 11.2. The second-order valence-corrected chi connectivity index (χ2v) is 6.94. The van der Waals surface area contributed by atoms with E-state index in [4.69, 9.17) is 0 Å². The molecular formula is C13H24N2S. The molecule has 0 aromatic carbocycles. The van der Waals surface area contributed by atoms with Crippen LogP contribution in [0.3, 0.4) is 0 Å². The minimum Gasteiger partial charge on any atom is -0.300 e. The zero-order valence-corrected chi connectivity index (χ0v) is 11.3. The first-order valence-corrected chi connectivity index (χ1v) is 7.25. The van der Waals surface area contributed by atoms with Gasteiger partial charge in [-0.2, -0.15) is 0 Å². The third-order valence-corrected chi connectivity index (χ3v) is 5.35. The third-order valence-electron chi connectivity index (χ3n) is 4.99. The summed E-state index contributed by atoms with van der Waals surface area (Å²) in [4.78, 5) is 2.74. The maximum atomic E-state index is 4.44. The second-order valence-electron chi connectivity index (χ2n) is 6.37. The van der Waals surface area contributed by atoms with Crippen LogP contribution in [0.15, 0.2) is 0 Å². The number of nitrogens with zero attached hydrogens (tertiary/aromatic N) is 2. The van der Waals surface area contributed by atoms with Gasteiger partial charge in [0.25, 0.3) is 0 Å². The highest BCUT2D eigenvalue weighted by Gasteiger charge is 2.48. The predicted molar refractivity (Wildman–Crippen MR) is 70.6 cm³/mol. The van der Waals surface area contributed by atoms with E-state index in [1.54, 1.807) is 0 Å². The molecule has 3 fully saturated rings. The van der Waals surface area contributed by atoms with Gasteiger partial charge in [-0.05, 0) is 56.9 Å². The number of likely N-dealkylation sites (tertiary alicyclic amines) is 1. The zero-order valence-electron chi connectivity index (χ0n) is 10.4. The fraction of sp³-hybridized carbons (Fsp3) is 1.00. The normalized spacial score (nSPS) is 36.0. The lowest BCUT2D eigenvalue weighted by molar-refractivity contribution is 0.213. The van der Waals surface area contributed by atoms with Gasteiger partial charge in [-0.25, -0.2) is 0 Å². The smallest absolute Gasteiger partial charge is 0.0116 e. The van der Waals surface area contributed by atoms with Crippen LogP contribution in [0.25, 0.3) is 0 Å². The van der Waals surface area contributed by atoms with Gasteiger partial charge in [0.1, 0.15) is 0 Å². The Kier molecular flexibility index (Phi) is 2.97. The third kappa shape index (κ3) is 2.27. The first-order valence-electron chi connectivity index (χ1n) is 6.85. The highest BCUT2D eigenvalue weighted by molar-refractivity contribution is 7.77. The summed E-state index contributed by atoms with van der Waals surface area (Å²) in [5.41, 5.74) is 0.791. The van der Waals surface area contributed by atoms with Crippen molar-refractivity contribution in [1.82, 2.24) is 9.21 Å². The highest BCUT2D eigenvalue weighted by Crippen LogP contribution is 2.53. The van der Waals surface area contributed by atoms with Crippen molar-refractivity contribution in [2.45, 2.75) is 45.1 Å². The molecule has 0 bridgehead atoms. The topological polar surface area (TPSA) is 6.48 Å². The van der Waals surface area contributed by atoms with Gasteiger partial charge < -0.3 is 4.90 Å². The Hall–Kier alpha value is 0.270. The molecule has 3 heteroatoms. The van der Waals surface area contributed by atoms with E-state index in [1.807, 2.05) is 0 Å². The molecule has 1 aliphatic carbocycles. The molecule has 0 radical (unpaired) electrons. The molecule has 0 amide bonds. The van der Waals surface area contributed by atoms with Crippen molar-refractivity contribution < 1.29 is 0 Å². The summed E-state index contributed by atoms with van der Waals surface area (Å²) in [6.07, 6.45) is 7.22. The summed E-state index contributed by atoms with van der Waals surface area (Å²) in [5, 5.41) is 0. The van der Waals surface area contributed by atoms with Crippen LogP contribution in [0.2, 0.25) is 0 Å². The fourth-order valence-corrected chi connectivity index (χ4v) is 3.91. The van der Waals surface area contributed by atoms with Crippen LogP contribution >= 0.6 is 12.8 Å². The lowest BCUT2D eigenvalue weighted by atomic mass is 9.99. The van der Waals surface area contributed by atoms with Gasteiger partial charge in [0.15, 0.2) is 0 Å². The van der Waals surface area contributed by atoms with E-state index in [2.05, 4.69) is 28.9 Å². The highest BCUT2D eigenvalue weighted by atomic mass is 32.1. The van der Waals surface area contributed by atoms with Crippen molar-refractivity contribution in [3.63, 3.8) is 0 Å². The molecule has 2 heterocycles. The lowest BCUT2D eigenvalue weighted by Gasteiger charge is -2.26. The van der Waals surface area contributed by atoms with E-state index in [9.17, 15) is 0 Å². The van der Waals surface area contributed by atoms with Gasteiger partial charge in [0.2, 0.25) is 0 Å². The molecule has 1 spiro atoms. The largest absolute Gasteiger partial charge is 0.300 e. The van der Waals surface area contributed by atoms with Gasteiger partial charge in [0, 0.05) is 25.7 Å². The van der Waals surface area contributed by atoms with Crippen LogP contribution in [-0.4, -0.2) is 41.4 Å². The summed E-state index contributed by atoms with van der Waals surface area (Å²) in [7, 11) is 0. The van der Waals surface area contributed by atoms with Crippen molar-refractivity contribution in [2.24, 2.45) is 11.3 Å². The Balaban J connectivity index is 1.48. The molecule has 2 atom stereocenters. The lowest BCUT2D eigenvalue weighted by Crippen LogP contribution is -2.33. The molecule has 0 aromatic rings. The average molecular weight is 240 g/mol. The van der Waals surface area contributed by atoms with Crippen molar-refractivity contribution in [2.75, 3.05) is 26.2 Å². The van der Waals surface area contributed by atoms with E-state index in [-0.39, 0.29) is 0 Å². The molecule has 1 saturated carbocycles. The SMILES string of the molecule is CC(CC1CCN(S)C1)N1CCC2(CC2)C1. The van der Waals surface area contributed by atoms with Gasteiger partial charge in [-0.1, -0.05) is 12.8 Å². The summed E-state index contributed by atoms with van der Waals surface area (Å²) >= 11 is 4.44. The van der Waals surface area contributed by atoms with E-state index in [0.29, 0.717) is 0 Å². The molecule has 3 aliphatic rings. The van der Waals surface area contributed by atoms with Crippen LogP contribution in [0.5, 0.6) is 0 Å². The average Bonchev–Trinajstić information content (AvgIpc) is 2.67. The predicted octanol–water partition coefficient (Wildman–Crippen LogP) is 2.42. The quantitative estimate of drug-likeness (QED) is 0.757. The molecule has 92 valence electrons. The Morgan fingerprint density at radius 3 is 2.69 bits per heavy atom. The fourth-order valence-electron chi connectivity index (χ4n) is 3.57. The first kappa shape index (κ1) is 11.4. The van der Waals surface area contributed by atoms with E-state index < -0.39 is 0 Å². The molecule has 3 rings (SSSR count). The van der Waals surface area contributed by atoms with Gasteiger partial charge >= 0.3 is 0 Å². The van der Waals surface area contributed by atoms with Crippen LogP contribution < -0.4 is 0 Å². The minimum atomic E-state index is 0.791. The molecule has 2 nitrogen and oxygen atoms in total. The van der Waals surface area contributed by atoms with E-state index in [0.717, 1.165) is 17.4 Å². The Morgan fingerprint density at radius 1 is 1.31 bits per heavy atom. The molecule has 2 unspecified atom stereocenters. The summed E-state index contributed by atoms with van der Waals surface area (Å²) in [6, 6.07) is 0.796. The molecule has 0 aromatic heterocycles.